The van der Waals surface area contributed by atoms with E-state index < -0.39 is 6.04 Å². The summed E-state index contributed by atoms with van der Waals surface area (Å²) in [6.07, 6.45) is 12.9. The zero-order valence-corrected chi connectivity index (χ0v) is 14.1. The quantitative estimate of drug-likeness (QED) is 0.319. The number of ether oxygens (including phenoxy) is 1. The molecule has 0 bridgehead atoms. The summed E-state index contributed by atoms with van der Waals surface area (Å²) in [5, 5.41) is 0.525. The Balaban J connectivity index is 3.13. The van der Waals surface area contributed by atoms with Crippen molar-refractivity contribution in [1.29, 1.82) is 0 Å². The van der Waals surface area contributed by atoms with Gasteiger partial charge in [0.1, 0.15) is 0 Å². The van der Waals surface area contributed by atoms with Crippen molar-refractivity contribution < 1.29 is 9.53 Å². The number of carbonyl (C=O) groups is 1. The second-order valence-electron chi connectivity index (χ2n) is 5.12. The molecule has 0 amide bonds. The van der Waals surface area contributed by atoms with E-state index >= 15 is 0 Å². The molecule has 0 aliphatic rings. The van der Waals surface area contributed by atoms with Gasteiger partial charge in [0.05, 0.1) is 0 Å². The molecule has 4 heteroatoms. The van der Waals surface area contributed by atoms with E-state index in [1.807, 2.05) is 0 Å². The minimum absolute atomic E-state index is 0.283. The molecule has 19 heavy (non-hydrogen) atoms. The van der Waals surface area contributed by atoms with Gasteiger partial charge in [0.15, 0.2) is 0 Å². The molecular weight excluding hydrogens is 305 g/mol. The average Bonchev–Trinajstić information content (AvgIpc) is 2.43. The van der Waals surface area contributed by atoms with Crippen molar-refractivity contribution in [2.75, 3.05) is 6.61 Å². The van der Waals surface area contributed by atoms with Crippen LogP contribution in [0.4, 0.5) is 0 Å². The molecule has 0 aromatic heterocycles. The van der Waals surface area contributed by atoms with Gasteiger partial charge in [-0.1, -0.05) is 26.2 Å². The summed E-state index contributed by atoms with van der Waals surface area (Å²) in [4.78, 5) is 11.3. The van der Waals surface area contributed by atoms with E-state index in [-0.39, 0.29) is 5.97 Å². The summed E-state index contributed by atoms with van der Waals surface area (Å²) in [6, 6.07) is -0.497. The Bertz CT molecular complexity index is 212. The molecule has 3 nitrogen and oxygen atoms in total. The molecule has 1 radical (unpaired) electrons. The Morgan fingerprint density at radius 3 is 1.95 bits per heavy atom. The van der Waals surface area contributed by atoms with E-state index in [0.717, 1.165) is 12.8 Å². The first kappa shape index (κ1) is 18.9. The fourth-order valence-corrected chi connectivity index (χ4v) is 2.22. The van der Waals surface area contributed by atoms with Crippen molar-refractivity contribution in [3.05, 3.63) is 0 Å². The second kappa shape index (κ2) is 14.4. The predicted octanol–water partition coefficient (Wildman–Crippen LogP) is 3.36. The monoisotopic (exact) mass is 336 g/mol. The fourth-order valence-electron chi connectivity index (χ4n) is 1.94. The van der Waals surface area contributed by atoms with Crippen LogP contribution < -0.4 is 5.73 Å². The third-order valence-electron chi connectivity index (χ3n) is 3.22. The second-order valence-corrected chi connectivity index (χ2v) is 5.82. The average molecular weight is 335 g/mol. The number of rotatable bonds is 13. The van der Waals surface area contributed by atoms with Crippen molar-refractivity contribution in [3.63, 3.8) is 0 Å². The fraction of sp³-hybridized carbons (Fsp3) is 0.933. The van der Waals surface area contributed by atoms with Crippen LogP contribution >= 0.6 is 0 Å². The van der Waals surface area contributed by atoms with E-state index in [2.05, 4.69) is 22.9 Å². The third kappa shape index (κ3) is 12.7. The number of carbonyl (C=O) groups excluding carboxylic acids is 1. The van der Waals surface area contributed by atoms with Crippen molar-refractivity contribution in [2.24, 2.45) is 5.73 Å². The van der Waals surface area contributed by atoms with Gasteiger partial charge in [-0.2, -0.15) is 0 Å². The van der Waals surface area contributed by atoms with E-state index in [0.29, 0.717) is 11.9 Å². The van der Waals surface area contributed by atoms with Gasteiger partial charge >= 0.3 is 100 Å². The Labute approximate surface area is 126 Å². The molecule has 0 saturated heterocycles. The van der Waals surface area contributed by atoms with Gasteiger partial charge in [-0.05, 0) is 0 Å². The number of hydrogen-bond acceptors (Lipinski definition) is 3. The normalized spacial score (nSPS) is 12.4. The van der Waals surface area contributed by atoms with E-state index in [4.69, 9.17) is 10.5 Å². The molecule has 0 aromatic carbocycles. The summed E-state index contributed by atoms with van der Waals surface area (Å²) < 4.78 is 5.08. The molecule has 1 atom stereocenters. The molecule has 0 spiro atoms. The van der Waals surface area contributed by atoms with Crippen LogP contribution in [0.1, 0.15) is 71.1 Å². The first-order valence-electron chi connectivity index (χ1n) is 7.72. The van der Waals surface area contributed by atoms with Crippen LogP contribution in [0.2, 0.25) is 5.32 Å². The SMILES string of the molecule is CCCCCCCCCCCCOC(=O)[C@@H](N)C[Se]. The van der Waals surface area contributed by atoms with Crippen LogP contribution in [0.15, 0.2) is 0 Å². The summed E-state index contributed by atoms with van der Waals surface area (Å²) in [5.41, 5.74) is 5.54. The van der Waals surface area contributed by atoms with Gasteiger partial charge in [-0.3, -0.25) is 0 Å². The number of nitrogens with two attached hydrogens (primary N) is 1. The number of hydrogen-bond donors (Lipinski definition) is 1. The summed E-state index contributed by atoms with van der Waals surface area (Å²) in [5.74, 6) is -0.283. The van der Waals surface area contributed by atoms with Gasteiger partial charge in [-0.15, -0.1) is 0 Å². The third-order valence-corrected chi connectivity index (χ3v) is 3.98. The van der Waals surface area contributed by atoms with Crippen LogP contribution in [0, 0.1) is 0 Å². The topological polar surface area (TPSA) is 52.3 Å². The zero-order chi connectivity index (χ0) is 14.3. The Morgan fingerprint density at radius 1 is 1.00 bits per heavy atom. The van der Waals surface area contributed by atoms with E-state index in [1.54, 1.807) is 0 Å². The van der Waals surface area contributed by atoms with Gasteiger partial charge in [-0.25, -0.2) is 0 Å². The van der Waals surface area contributed by atoms with Crippen LogP contribution in [0.25, 0.3) is 0 Å². The minimum atomic E-state index is -0.497. The molecular formula is C15H30NO2Se. The molecule has 113 valence electrons. The standard InChI is InChI=1S/C15H30NO2Se/c1-2-3-4-5-6-7-8-9-10-11-12-18-15(17)14(16)13-19/h14H,2-13,16H2,1H3/t14-/m0/s1. The van der Waals surface area contributed by atoms with Crippen LogP contribution in [0.5, 0.6) is 0 Å². The van der Waals surface area contributed by atoms with Crippen molar-refractivity contribution in [1.82, 2.24) is 0 Å². The summed E-state index contributed by atoms with van der Waals surface area (Å²) in [7, 11) is 0. The Morgan fingerprint density at radius 2 is 1.47 bits per heavy atom. The van der Waals surface area contributed by atoms with Crippen LogP contribution in [0.3, 0.4) is 0 Å². The van der Waals surface area contributed by atoms with Crippen LogP contribution in [-0.4, -0.2) is 34.6 Å². The molecule has 0 aliphatic heterocycles. The van der Waals surface area contributed by atoms with Crippen LogP contribution in [-0.2, 0) is 9.53 Å². The Kier molecular flexibility index (Phi) is 14.3. The molecule has 0 rings (SSSR count). The van der Waals surface area contributed by atoms with Crippen molar-refractivity contribution in [2.45, 2.75) is 82.5 Å². The van der Waals surface area contributed by atoms with Gasteiger partial charge in [0, 0.05) is 0 Å². The van der Waals surface area contributed by atoms with Crippen molar-refractivity contribution >= 4 is 22.0 Å². The van der Waals surface area contributed by atoms with Gasteiger partial charge in [0.25, 0.3) is 0 Å². The van der Waals surface area contributed by atoms with Gasteiger partial charge < -0.3 is 0 Å². The zero-order valence-electron chi connectivity index (χ0n) is 12.4. The molecule has 0 saturated carbocycles. The molecule has 0 aliphatic carbocycles. The summed E-state index contributed by atoms with van der Waals surface area (Å²) in [6.45, 7) is 2.77. The first-order valence-corrected chi connectivity index (χ1v) is 8.93. The molecule has 2 N–H and O–H groups in total. The molecule has 0 unspecified atom stereocenters. The summed E-state index contributed by atoms with van der Waals surface area (Å²) >= 11 is 2.74. The first-order chi connectivity index (χ1) is 9.22. The predicted molar refractivity (Wildman–Crippen MR) is 81.3 cm³/mol. The van der Waals surface area contributed by atoms with Crippen molar-refractivity contribution in [3.8, 4) is 0 Å². The molecule has 0 fully saturated rings. The number of esters is 1. The van der Waals surface area contributed by atoms with E-state index in [9.17, 15) is 4.79 Å². The Hall–Kier alpha value is -0.0505. The maximum atomic E-state index is 11.3. The molecule has 0 aromatic rings. The van der Waals surface area contributed by atoms with E-state index in [1.165, 1.54) is 51.4 Å². The molecule has 0 heterocycles. The number of unbranched alkanes of at least 4 members (excludes halogenated alkanes) is 9. The van der Waals surface area contributed by atoms with Gasteiger partial charge in [0.2, 0.25) is 0 Å². The maximum absolute atomic E-state index is 11.3.